The van der Waals surface area contributed by atoms with Gasteiger partial charge in [-0.05, 0) is 26.9 Å². The highest BCUT2D eigenvalue weighted by Crippen LogP contribution is 2.29. The van der Waals surface area contributed by atoms with Gasteiger partial charge >= 0.3 is 0 Å². The zero-order chi connectivity index (χ0) is 9.19. The Labute approximate surface area is 73.0 Å². The third-order valence-electron chi connectivity index (χ3n) is 2.70. The Bertz CT molecular complexity index is 217. The molecule has 0 aromatic rings. The van der Waals surface area contributed by atoms with Gasteiger partial charge in [-0.1, -0.05) is 0 Å². The lowest BCUT2D eigenvalue weighted by Crippen LogP contribution is -2.45. The van der Waals surface area contributed by atoms with Crippen molar-refractivity contribution in [1.82, 2.24) is 4.90 Å². The summed E-state index contributed by atoms with van der Waals surface area (Å²) in [5, 5.41) is 9.00. The highest BCUT2D eigenvalue weighted by molar-refractivity contribution is 5.79. The first-order valence-electron chi connectivity index (χ1n) is 4.21. The van der Waals surface area contributed by atoms with Gasteiger partial charge in [-0.25, -0.2) is 0 Å². The van der Waals surface area contributed by atoms with E-state index in [-0.39, 0.29) is 5.54 Å². The number of Topliss-reactive ketones (excluding diaryl/α,β-unsaturated/α-hetero) is 1. The lowest BCUT2D eigenvalue weighted by atomic mass is 9.81. The van der Waals surface area contributed by atoms with Crippen LogP contribution in [0.15, 0.2) is 0 Å². The molecule has 0 bridgehead atoms. The number of rotatable bonds is 1. The number of carbonyl (C=O) groups is 1. The molecule has 0 atom stereocenters. The Hall–Kier alpha value is -0.880. The molecular weight excluding hydrogens is 152 g/mol. The second-order valence-electron chi connectivity index (χ2n) is 3.58. The summed E-state index contributed by atoms with van der Waals surface area (Å²) in [6.45, 7) is 0. The zero-order valence-electron chi connectivity index (χ0n) is 7.63. The number of hydrogen-bond donors (Lipinski definition) is 0. The molecule has 1 rings (SSSR count). The van der Waals surface area contributed by atoms with Crippen molar-refractivity contribution in [2.75, 3.05) is 14.1 Å². The molecule has 1 aliphatic rings. The molecule has 1 fully saturated rings. The lowest BCUT2D eigenvalue weighted by molar-refractivity contribution is -0.121. The number of carbonyl (C=O) groups excluding carboxylic acids is 1. The molecule has 66 valence electrons. The van der Waals surface area contributed by atoms with Crippen molar-refractivity contribution in [1.29, 1.82) is 5.26 Å². The summed E-state index contributed by atoms with van der Waals surface area (Å²) in [5.41, 5.74) is -0.381. The molecular formula is C9H14N2O. The van der Waals surface area contributed by atoms with Crippen LogP contribution in [0.4, 0.5) is 0 Å². The average molecular weight is 166 g/mol. The fourth-order valence-electron chi connectivity index (χ4n) is 1.60. The molecule has 1 aliphatic carbocycles. The minimum atomic E-state index is -0.381. The van der Waals surface area contributed by atoms with Gasteiger partial charge in [0.25, 0.3) is 0 Å². The fraction of sp³-hybridized carbons (Fsp3) is 0.778. The molecule has 0 heterocycles. The molecule has 0 radical (unpaired) electrons. The van der Waals surface area contributed by atoms with Crippen LogP contribution in [0.25, 0.3) is 0 Å². The summed E-state index contributed by atoms with van der Waals surface area (Å²) in [6, 6.07) is 2.31. The molecule has 0 unspecified atom stereocenters. The van der Waals surface area contributed by atoms with Gasteiger partial charge in [-0.3, -0.25) is 9.69 Å². The summed E-state index contributed by atoms with van der Waals surface area (Å²) in [5.74, 6) is 0.294. The Morgan fingerprint density at radius 2 is 1.92 bits per heavy atom. The maximum Gasteiger partial charge on any atom is 0.133 e. The van der Waals surface area contributed by atoms with E-state index in [0.717, 1.165) is 0 Å². The van der Waals surface area contributed by atoms with Crippen LogP contribution in [0.3, 0.4) is 0 Å². The molecule has 0 N–H and O–H groups in total. The highest BCUT2D eigenvalue weighted by Gasteiger charge is 2.36. The van der Waals surface area contributed by atoms with Crippen molar-refractivity contribution in [2.45, 2.75) is 31.2 Å². The van der Waals surface area contributed by atoms with E-state index in [1.54, 1.807) is 0 Å². The van der Waals surface area contributed by atoms with Gasteiger partial charge in [-0.2, -0.15) is 5.26 Å². The average Bonchev–Trinajstić information content (AvgIpc) is 2.06. The maximum atomic E-state index is 11.0. The Morgan fingerprint density at radius 3 is 2.25 bits per heavy atom. The van der Waals surface area contributed by atoms with Crippen LogP contribution < -0.4 is 0 Å². The maximum absolute atomic E-state index is 11.0. The fourth-order valence-corrected chi connectivity index (χ4v) is 1.60. The third-order valence-corrected chi connectivity index (χ3v) is 2.70. The van der Waals surface area contributed by atoms with Crippen LogP contribution in [0.1, 0.15) is 25.7 Å². The van der Waals surface area contributed by atoms with Gasteiger partial charge in [-0.15, -0.1) is 0 Å². The van der Waals surface area contributed by atoms with Crippen molar-refractivity contribution in [3.63, 3.8) is 0 Å². The number of ketones is 1. The molecule has 0 amide bonds. The highest BCUT2D eigenvalue weighted by atomic mass is 16.1. The first kappa shape index (κ1) is 9.21. The van der Waals surface area contributed by atoms with Crippen LogP contribution in [-0.2, 0) is 4.79 Å². The molecule has 0 spiro atoms. The van der Waals surface area contributed by atoms with Crippen LogP contribution in [0, 0.1) is 11.3 Å². The van der Waals surface area contributed by atoms with Gasteiger partial charge in [0.1, 0.15) is 11.3 Å². The summed E-state index contributed by atoms with van der Waals surface area (Å²) < 4.78 is 0. The molecule has 0 aromatic heterocycles. The lowest BCUT2D eigenvalue weighted by Gasteiger charge is -2.35. The first-order chi connectivity index (χ1) is 5.60. The van der Waals surface area contributed by atoms with Crippen LogP contribution in [-0.4, -0.2) is 30.3 Å². The Morgan fingerprint density at radius 1 is 1.42 bits per heavy atom. The molecule has 0 saturated heterocycles. The van der Waals surface area contributed by atoms with Crippen LogP contribution in [0.5, 0.6) is 0 Å². The number of nitriles is 1. The monoisotopic (exact) mass is 166 g/mol. The molecule has 3 heteroatoms. The van der Waals surface area contributed by atoms with Crippen LogP contribution >= 0.6 is 0 Å². The van der Waals surface area contributed by atoms with E-state index in [0.29, 0.717) is 31.5 Å². The topological polar surface area (TPSA) is 44.1 Å². The second-order valence-corrected chi connectivity index (χ2v) is 3.58. The summed E-state index contributed by atoms with van der Waals surface area (Å²) >= 11 is 0. The van der Waals surface area contributed by atoms with Gasteiger partial charge in [0.15, 0.2) is 0 Å². The van der Waals surface area contributed by atoms with E-state index >= 15 is 0 Å². The summed E-state index contributed by atoms with van der Waals surface area (Å²) in [7, 11) is 3.80. The number of nitrogens with zero attached hydrogens (tertiary/aromatic N) is 2. The first-order valence-corrected chi connectivity index (χ1v) is 4.21. The van der Waals surface area contributed by atoms with E-state index in [1.165, 1.54) is 0 Å². The standard InChI is InChI=1S/C9H14N2O/c1-11(2)9(7-10)5-3-8(12)4-6-9/h3-6H2,1-2H3. The van der Waals surface area contributed by atoms with E-state index in [1.807, 2.05) is 19.0 Å². The van der Waals surface area contributed by atoms with E-state index in [2.05, 4.69) is 6.07 Å². The van der Waals surface area contributed by atoms with Gasteiger partial charge in [0, 0.05) is 12.8 Å². The van der Waals surface area contributed by atoms with Gasteiger partial charge < -0.3 is 0 Å². The minimum absolute atomic E-state index is 0.294. The summed E-state index contributed by atoms with van der Waals surface area (Å²) in [4.78, 5) is 12.9. The normalized spacial score (nSPS) is 22.3. The Balaban J connectivity index is 2.71. The molecule has 0 aromatic carbocycles. The second kappa shape index (κ2) is 3.24. The van der Waals surface area contributed by atoms with E-state index < -0.39 is 0 Å². The predicted molar refractivity (Wildman–Crippen MR) is 45.5 cm³/mol. The third kappa shape index (κ3) is 1.49. The zero-order valence-corrected chi connectivity index (χ0v) is 7.63. The van der Waals surface area contributed by atoms with Crippen molar-refractivity contribution < 1.29 is 4.79 Å². The van der Waals surface area contributed by atoms with Crippen molar-refractivity contribution in [3.05, 3.63) is 0 Å². The van der Waals surface area contributed by atoms with Crippen molar-refractivity contribution in [2.24, 2.45) is 0 Å². The van der Waals surface area contributed by atoms with Crippen molar-refractivity contribution >= 4 is 5.78 Å². The molecule has 12 heavy (non-hydrogen) atoms. The van der Waals surface area contributed by atoms with E-state index in [4.69, 9.17) is 5.26 Å². The predicted octanol–water partition coefficient (Wildman–Crippen LogP) is 0.953. The van der Waals surface area contributed by atoms with Gasteiger partial charge in [0.2, 0.25) is 0 Å². The smallest absolute Gasteiger partial charge is 0.133 e. The summed E-state index contributed by atoms with van der Waals surface area (Å²) in [6.07, 6.45) is 2.50. The molecule has 3 nitrogen and oxygen atoms in total. The largest absolute Gasteiger partial charge is 0.300 e. The quantitative estimate of drug-likeness (QED) is 0.582. The van der Waals surface area contributed by atoms with Gasteiger partial charge in [0.05, 0.1) is 6.07 Å². The molecule has 1 saturated carbocycles. The van der Waals surface area contributed by atoms with E-state index in [9.17, 15) is 4.79 Å². The SMILES string of the molecule is CN(C)C1(C#N)CCC(=O)CC1. The molecule has 0 aliphatic heterocycles. The Kier molecular flexibility index (Phi) is 2.49. The van der Waals surface area contributed by atoms with Crippen LogP contribution in [0.2, 0.25) is 0 Å². The number of hydrogen-bond acceptors (Lipinski definition) is 3. The minimum Gasteiger partial charge on any atom is -0.300 e. The van der Waals surface area contributed by atoms with Crippen molar-refractivity contribution in [3.8, 4) is 6.07 Å².